The average molecular weight is 398 g/mol. The molecule has 7 heteroatoms. The number of ether oxygens (including phenoxy) is 1. The summed E-state index contributed by atoms with van der Waals surface area (Å²) in [6.07, 6.45) is 6.57. The van der Waals surface area contributed by atoms with E-state index < -0.39 is 0 Å². The van der Waals surface area contributed by atoms with Gasteiger partial charge in [0.2, 0.25) is 0 Å². The summed E-state index contributed by atoms with van der Waals surface area (Å²) >= 11 is 0. The van der Waals surface area contributed by atoms with E-state index in [-0.39, 0.29) is 11.9 Å². The van der Waals surface area contributed by atoms with E-state index in [0.29, 0.717) is 11.8 Å². The van der Waals surface area contributed by atoms with E-state index in [4.69, 9.17) is 4.74 Å². The van der Waals surface area contributed by atoms with Gasteiger partial charge in [0, 0.05) is 37.4 Å². The van der Waals surface area contributed by atoms with Crippen LogP contribution in [0.5, 0.6) is 0 Å². The van der Waals surface area contributed by atoms with Crippen molar-refractivity contribution in [3.05, 3.63) is 41.5 Å². The normalized spacial score (nSPS) is 19.7. The van der Waals surface area contributed by atoms with Gasteiger partial charge in [-0.25, -0.2) is 4.68 Å². The van der Waals surface area contributed by atoms with Gasteiger partial charge in [-0.05, 0) is 62.9 Å². The number of piperidine rings is 1. The number of carbonyl (C=O) groups excluding carboxylic acids is 1. The number of hydrogen-bond acceptors (Lipinski definition) is 6. The van der Waals surface area contributed by atoms with Crippen molar-refractivity contribution in [1.29, 1.82) is 0 Å². The van der Waals surface area contributed by atoms with Crippen LogP contribution in [0.4, 0.5) is 0 Å². The topological polar surface area (TPSA) is 72.3 Å². The van der Waals surface area contributed by atoms with Gasteiger partial charge in [0.25, 0.3) is 0 Å². The molecule has 2 aliphatic heterocycles. The van der Waals surface area contributed by atoms with Crippen LogP contribution >= 0.6 is 0 Å². The summed E-state index contributed by atoms with van der Waals surface area (Å²) in [5, 5.41) is 8.03. The van der Waals surface area contributed by atoms with Gasteiger partial charge in [-0.3, -0.25) is 9.78 Å². The fourth-order valence-electron chi connectivity index (χ4n) is 4.86. The molecule has 0 unspecified atom stereocenters. The number of aryl methyl sites for hydroxylation is 2. The number of likely N-dealkylation sites (tertiary alicyclic amines) is 1. The van der Waals surface area contributed by atoms with E-state index >= 15 is 0 Å². The fourth-order valence-corrected chi connectivity index (χ4v) is 4.86. The standard InChI is InChI=1S/C22H31N5O2/c1-16-8-17(2)27(25-16)20-9-18(11-24-12-20)19(10-21(28)29-3)13-26-14-22(15-26)4-6-23-7-5-22/h8-9,11-12,19,23H,4-7,10,13-15H2,1-3H3/t19-/m1/s1. The molecule has 2 aromatic heterocycles. The summed E-state index contributed by atoms with van der Waals surface area (Å²) in [7, 11) is 1.46. The largest absolute Gasteiger partial charge is 0.469 e. The Morgan fingerprint density at radius 3 is 2.66 bits per heavy atom. The Bertz CT molecular complexity index is 864. The Morgan fingerprint density at radius 2 is 2.00 bits per heavy atom. The van der Waals surface area contributed by atoms with Crippen LogP contribution in [0.3, 0.4) is 0 Å². The van der Waals surface area contributed by atoms with E-state index in [1.807, 2.05) is 30.9 Å². The third-order valence-corrected chi connectivity index (χ3v) is 6.37. The number of nitrogens with one attached hydrogen (secondary N) is 1. The number of rotatable bonds is 6. The zero-order valence-corrected chi connectivity index (χ0v) is 17.6. The van der Waals surface area contributed by atoms with Gasteiger partial charge in [-0.2, -0.15) is 5.10 Å². The molecule has 2 aliphatic rings. The predicted octanol–water partition coefficient (Wildman–Crippen LogP) is 2.22. The van der Waals surface area contributed by atoms with E-state index in [0.717, 1.165) is 55.4 Å². The first-order valence-electron chi connectivity index (χ1n) is 10.5. The van der Waals surface area contributed by atoms with Crippen molar-refractivity contribution in [2.45, 2.75) is 39.0 Å². The maximum Gasteiger partial charge on any atom is 0.306 e. The van der Waals surface area contributed by atoms with Crippen molar-refractivity contribution in [3.63, 3.8) is 0 Å². The van der Waals surface area contributed by atoms with Crippen LogP contribution in [0.2, 0.25) is 0 Å². The van der Waals surface area contributed by atoms with Crippen LogP contribution in [-0.4, -0.2) is 65.5 Å². The Balaban J connectivity index is 1.52. The molecule has 0 aromatic carbocycles. The molecule has 29 heavy (non-hydrogen) atoms. The van der Waals surface area contributed by atoms with Crippen LogP contribution in [0, 0.1) is 19.3 Å². The third-order valence-electron chi connectivity index (χ3n) is 6.37. The van der Waals surface area contributed by atoms with Gasteiger partial charge >= 0.3 is 5.97 Å². The van der Waals surface area contributed by atoms with E-state index in [1.165, 1.54) is 20.0 Å². The van der Waals surface area contributed by atoms with Gasteiger partial charge in [-0.1, -0.05) is 0 Å². The number of pyridine rings is 1. The molecule has 0 amide bonds. The van der Waals surface area contributed by atoms with Gasteiger partial charge < -0.3 is 15.0 Å². The SMILES string of the molecule is COC(=O)C[C@H](CN1CC2(CCNCC2)C1)c1cncc(-n2nc(C)cc2C)c1. The lowest BCUT2D eigenvalue weighted by atomic mass is 9.72. The van der Waals surface area contributed by atoms with Crippen LogP contribution in [0.1, 0.15) is 42.1 Å². The molecule has 0 saturated carbocycles. The van der Waals surface area contributed by atoms with Crippen molar-refractivity contribution in [1.82, 2.24) is 25.0 Å². The molecular weight excluding hydrogens is 366 g/mol. The fraction of sp³-hybridized carbons (Fsp3) is 0.591. The molecule has 7 nitrogen and oxygen atoms in total. The van der Waals surface area contributed by atoms with Gasteiger partial charge in [0.15, 0.2) is 0 Å². The van der Waals surface area contributed by atoms with Gasteiger partial charge in [-0.15, -0.1) is 0 Å². The minimum atomic E-state index is -0.177. The number of hydrogen-bond donors (Lipinski definition) is 1. The van der Waals surface area contributed by atoms with Crippen molar-refractivity contribution in [3.8, 4) is 5.69 Å². The molecule has 2 fully saturated rings. The molecule has 156 valence electrons. The molecule has 2 saturated heterocycles. The number of esters is 1. The third kappa shape index (κ3) is 4.36. The van der Waals surface area contributed by atoms with Crippen molar-refractivity contribution < 1.29 is 9.53 Å². The molecule has 1 spiro atoms. The first-order valence-corrected chi connectivity index (χ1v) is 10.5. The zero-order chi connectivity index (χ0) is 20.4. The quantitative estimate of drug-likeness (QED) is 0.754. The maximum absolute atomic E-state index is 12.1. The second-order valence-electron chi connectivity index (χ2n) is 8.71. The van der Waals surface area contributed by atoms with Crippen LogP contribution in [0.15, 0.2) is 24.5 Å². The van der Waals surface area contributed by atoms with Gasteiger partial charge in [0.05, 0.1) is 31.1 Å². The maximum atomic E-state index is 12.1. The number of carbonyl (C=O) groups is 1. The monoisotopic (exact) mass is 397 g/mol. The summed E-state index contributed by atoms with van der Waals surface area (Å²) < 4.78 is 6.89. The molecule has 4 rings (SSSR count). The molecule has 0 radical (unpaired) electrons. The Hall–Kier alpha value is -2.25. The molecule has 2 aromatic rings. The Labute approximate surface area is 172 Å². The van der Waals surface area contributed by atoms with Crippen LogP contribution in [-0.2, 0) is 9.53 Å². The van der Waals surface area contributed by atoms with E-state index in [9.17, 15) is 4.79 Å². The molecule has 4 heterocycles. The van der Waals surface area contributed by atoms with Crippen LogP contribution < -0.4 is 5.32 Å². The highest BCUT2D eigenvalue weighted by atomic mass is 16.5. The van der Waals surface area contributed by atoms with Gasteiger partial charge in [0.1, 0.15) is 0 Å². The Kier molecular flexibility index (Phi) is 5.69. The highest BCUT2D eigenvalue weighted by Crippen LogP contribution is 2.40. The molecule has 0 aliphatic carbocycles. The average Bonchev–Trinajstić information content (AvgIpc) is 3.05. The molecule has 1 atom stereocenters. The summed E-state index contributed by atoms with van der Waals surface area (Å²) in [6, 6.07) is 4.16. The predicted molar refractivity (Wildman–Crippen MR) is 111 cm³/mol. The first kappa shape index (κ1) is 20.0. The minimum absolute atomic E-state index is 0.0610. The smallest absolute Gasteiger partial charge is 0.306 e. The zero-order valence-electron chi connectivity index (χ0n) is 17.6. The highest BCUT2D eigenvalue weighted by Gasteiger charge is 2.43. The molecular formula is C22H31N5O2. The Morgan fingerprint density at radius 1 is 1.24 bits per heavy atom. The second-order valence-corrected chi connectivity index (χ2v) is 8.71. The van der Waals surface area contributed by atoms with Crippen molar-refractivity contribution >= 4 is 5.97 Å². The van der Waals surface area contributed by atoms with E-state index in [2.05, 4.69) is 32.4 Å². The minimum Gasteiger partial charge on any atom is -0.469 e. The summed E-state index contributed by atoms with van der Waals surface area (Å²) in [4.78, 5) is 19.0. The van der Waals surface area contributed by atoms with E-state index in [1.54, 1.807) is 0 Å². The lowest BCUT2D eigenvalue weighted by molar-refractivity contribution is -0.141. The van der Waals surface area contributed by atoms with Crippen molar-refractivity contribution in [2.24, 2.45) is 5.41 Å². The summed E-state index contributed by atoms with van der Waals surface area (Å²) in [6.45, 7) is 9.36. The van der Waals surface area contributed by atoms with Crippen molar-refractivity contribution in [2.75, 3.05) is 39.8 Å². The lowest BCUT2D eigenvalue weighted by Crippen LogP contribution is -2.60. The summed E-state index contributed by atoms with van der Waals surface area (Å²) in [5.74, 6) is -0.116. The number of aromatic nitrogens is 3. The highest BCUT2D eigenvalue weighted by molar-refractivity contribution is 5.70. The first-order chi connectivity index (χ1) is 14.0. The number of nitrogens with zero attached hydrogens (tertiary/aromatic N) is 4. The summed E-state index contributed by atoms with van der Waals surface area (Å²) in [5.41, 5.74) is 4.52. The molecule has 1 N–H and O–H groups in total. The van der Waals surface area contributed by atoms with Crippen LogP contribution in [0.25, 0.3) is 5.69 Å². The molecule has 0 bridgehead atoms. The number of methoxy groups -OCH3 is 1. The second kappa shape index (κ2) is 8.24. The lowest BCUT2D eigenvalue weighted by Gasteiger charge is -2.53.